The molecule has 0 bridgehead atoms. The molecule has 0 saturated carbocycles. The molecule has 1 unspecified atom stereocenters. The van der Waals surface area contributed by atoms with Crippen molar-refractivity contribution in [2.24, 2.45) is 10.9 Å². The minimum Gasteiger partial charge on any atom is -0.477 e. The number of amides is 2. The third-order valence-electron chi connectivity index (χ3n) is 8.28. The summed E-state index contributed by atoms with van der Waals surface area (Å²) in [4.78, 5) is 34.3. The quantitative estimate of drug-likeness (QED) is 0.330. The van der Waals surface area contributed by atoms with Gasteiger partial charge in [-0.25, -0.2) is 18.5 Å². The largest absolute Gasteiger partial charge is 0.477 e. The molecule has 1 fully saturated rings. The van der Waals surface area contributed by atoms with Crippen molar-refractivity contribution >= 4 is 23.2 Å². The topological polar surface area (TPSA) is 110 Å². The second-order valence-corrected chi connectivity index (χ2v) is 11.4. The third kappa shape index (κ3) is 5.47. The Bertz CT molecular complexity index is 1810. The number of halogens is 2. The van der Waals surface area contributed by atoms with Crippen LogP contribution in [0.15, 0.2) is 77.8 Å². The number of aromatic nitrogens is 2. The predicted molar refractivity (Wildman–Crippen MR) is 162 cm³/mol. The molecule has 4 aromatic rings. The Morgan fingerprint density at radius 3 is 2.49 bits per heavy atom. The van der Waals surface area contributed by atoms with Crippen LogP contribution in [0.25, 0.3) is 11.3 Å². The third-order valence-corrected chi connectivity index (χ3v) is 8.28. The molecule has 0 radical (unpaired) electrons. The molecule has 3 aromatic carbocycles. The summed E-state index contributed by atoms with van der Waals surface area (Å²) in [5.41, 5.74) is 1.46. The van der Waals surface area contributed by atoms with Crippen LogP contribution >= 0.6 is 0 Å². The average Bonchev–Trinajstić information content (AvgIpc) is 3.31. The summed E-state index contributed by atoms with van der Waals surface area (Å²) in [6.45, 7) is 2.84. The van der Waals surface area contributed by atoms with Crippen molar-refractivity contribution in [1.82, 2.24) is 20.0 Å². The van der Waals surface area contributed by atoms with Gasteiger partial charge in [-0.05, 0) is 25.2 Å². The van der Waals surface area contributed by atoms with Crippen LogP contribution in [0.2, 0.25) is 0 Å². The van der Waals surface area contributed by atoms with Crippen LogP contribution in [0.1, 0.15) is 21.5 Å². The number of hydrogen-bond donors (Lipinski definition) is 2. The number of hydrogen-bond acceptors (Lipinski definition) is 7. The van der Waals surface area contributed by atoms with E-state index in [9.17, 15) is 14.0 Å². The number of anilines is 1. The fourth-order valence-corrected chi connectivity index (χ4v) is 5.82. The monoisotopic (exact) mass is 612 g/mol. The number of benzodiazepines with no additional fused rings is 1. The van der Waals surface area contributed by atoms with Crippen LogP contribution in [0, 0.1) is 17.6 Å². The Morgan fingerprint density at radius 2 is 1.73 bits per heavy atom. The van der Waals surface area contributed by atoms with Gasteiger partial charge >= 0.3 is 0 Å². The lowest BCUT2D eigenvalue weighted by molar-refractivity contribution is -0.117. The fourth-order valence-electron chi connectivity index (χ4n) is 5.82. The molecule has 0 spiro atoms. The van der Waals surface area contributed by atoms with Crippen LogP contribution < -0.4 is 15.4 Å². The van der Waals surface area contributed by atoms with E-state index >= 15 is 4.39 Å². The van der Waals surface area contributed by atoms with E-state index in [0.717, 1.165) is 6.54 Å². The van der Waals surface area contributed by atoms with Crippen molar-refractivity contribution in [3.05, 3.63) is 101 Å². The van der Waals surface area contributed by atoms with Gasteiger partial charge in [-0.2, -0.15) is 5.10 Å². The number of nitrogens with one attached hydrogen (secondary N) is 2. The van der Waals surface area contributed by atoms with E-state index in [0.29, 0.717) is 49.2 Å². The van der Waals surface area contributed by atoms with Crippen LogP contribution in [-0.4, -0.2) is 77.8 Å². The van der Waals surface area contributed by atoms with Crippen molar-refractivity contribution in [2.45, 2.75) is 18.8 Å². The van der Waals surface area contributed by atoms with Gasteiger partial charge in [0.25, 0.3) is 11.8 Å². The molecule has 45 heavy (non-hydrogen) atoms. The molecule has 0 aliphatic carbocycles. The zero-order chi connectivity index (χ0) is 31.1. The first-order valence-corrected chi connectivity index (χ1v) is 14.7. The summed E-state index contributed by atoms with van der Waals surface area (Å²) in [7, 11) is 2.03. The normalized spacial score (nSPS) is 19.4. The highest BCUT2D eigenvalue weighted by molar-refractivity contribution is 6.20. The Morgan fingerprint density at radius 1 is 1.00 bits per heavy atom. The summed E-state index contributed by atoms with van der Waals surface area (Å²) < 4.78 is 43.1. The number of likely N-dealkylation sites (N-methyl/N-ethyl adjacent to an activating group) is 1. The highest BCUT2D eigenvalue weighted by Crippen LogP contribution is 2.35. The van der Waals surface area contributed by atoms with Gasteiger partial charge in [-0.1, -0.05) is 54.6 Å². The lowest BCUT2D eigenvalue weighted by Gasteiger charge is -2.37. The van der Waals surface area contributed by atoms with Gasteiger partial charge in [0.2, 0.25) is 12.0 Å². The number of ether oxygens (including phenoxy) is 2. The first kappa shape index (κ1) is 28.8. The first-order valence-electron chi connectivity index (χ1n) is 14.7. The van der Waals surface area contributed by atoms with E-state index in [1.54, 1.807) is 47.1 Å². The average molecular weight is 613 g/mol. The lowest BCUT2D eigenvalue weighted by atomic mass is 10.0. The molecule has 3 aliphatic rings. The maximum Gasteiger partial charge on any atom is 0.269 e. The maximum atomic E-state index is 15.1. The molecule has 12 heteroatoms. The zero-order valence-corrected chi connectivity index (χ0v) is 24.4. The molecule has 1 aromatic heterocycles. The smallest absolute Gasteiger partial charge is 0.269 e. The molecular weight excluding hydrogens is 582 g/mol. The first-order chi connectivity index (χ1) is 21.9. The number of nitrogens with zero attached hydrogens (tertiary/aromatic N) is 4. The summed E-state index contributed by atoms with van der Waals surface area (Å²) in [6.07, 6.45) is -1.45. The van der Waals surface area contributed by atoms with Crippen molar-refractivity contribution in [3.8, 4) is 17.1 Å². The maximum absolute atomic E-state index is 15.1. The Kier molecular flexibility index (Phi) is 7.60. The number of para-hydroxylation sites is 1. The van der Waals surface area contributed by atoms with Crippen molar-refractivity contribution < 1.29 is 27.8 Å². The van der Waals surface area contributed by atoms with Crippen LogP contribution in [0.4, 0.5) is 14.5 Å². The lowest BCUT2D eigenvalue weighted by Crippen LogP contribution is -2.50. The van der Waals surface area contributed by atoms with E-state index in [1.807, 2.05) is 13.1 Å². The SMILES string of the molecule is CN(CC1COc2c(C(=O)N[C@H]3N=C(c4ccccc4)c4cccc(F)c4NC3=O)c(-c3ccccc3F)nn2C1)C1COC1. The van der Waals surface area contributed by atoms with Gasteiger partial charge in [0, 0.05) is 29.2 Å². The summed E-state index contributed by atoms with van der Waals surface area (Å²) in [6, 6.07) is 19.8. The van der Waals surface area contributed by atoms with E-state index in [4.69, 9.17) is 9.47 Å². The van der Waals surface area contributed by atoms with E-state index in [2.05, 4.69) is 25.6 Å². The van der Waals surface area contributed by atoms with E-state index in [-0.39, 0.29) is 34.3 Å². The molecular formula is C33H30F2N6O4. The van der Waals surface area contributed by atoms with Gasteiger partial charge < -0.3 is 20.1 Å². The fraction of sp³-hybridized carbons (Fsp3) is 0.273. The second-order valence-electron chi connectivity index (χ2n) is 11.4. The standard InChI is InChI=1S/C33H30F2N6O4/c1-40(21-17-44-18-21)14-19-15-41-33(45-16-19)26(29(39-41)22-10-5-6-12-24(22)34)31(42)38-30-32(43)37-28-23(11-7-13-25(28)35)27(36-30)20-8-3-2-4-9-20/h2-13,19,21,30H,14-18H2,1H3,(H,37,43)(H,38,42)/t19?,30-/m1/s1. The highest BCUT2D eigenvalue weighted by atomic mass is 19.1. The van der Waals surface area contributed by atoms with Gasteiger partial charge in [0.15, 0.2) is 0 Å². The van der Waals surface area contributed by atoms with E-state index in [1.165, 1.54) is 24.3 Å². The molecule has 1 saturated heterocycles. The summed E-state index contributed by atoms with van der Waals surface area (Å²) in [5.74, 6) is -2.44. The van der Waals surface area contributed by atoms with Gasteiger partial charge in [-0.15, -0.1) is 0 Å². The Balaban J connectivity index is 1.24. The van der Waals surface area contributed by atoms with Crippen LogP contribution in [-0.2, 0) is 16.1 Å². The van der Waals surface area contributed by atoms with Crippen molar-refractivity contribution in [3.63, 3.8) is 0 Å². The molecule has 2 N–H and O–H groups in total. The Labute approximate surface area is 257 Å². The van der Waals surface area contributed by atoms with E-state index < -0.39 is 29.6 Å². The number of carbonyl (C=O) groups is 2. The summed E-state index contributed by atoms with van der Waals surface area (Å²) >= 11 is 0. The molecule has 230 valence electrons. The highest BCUT2D eigenvalue weighted by Gasteiger charge is 2.36. The van der Waals surface area contributed by atoms with Crippen LogP contribution in [0.3, 0.4) is 0 Å². The molecule has 3 aliphatic heterocycles. The Hall–Kier alpha value is -4.94. The van der Waals surface area contributed by atoms with Gasteiger partial charge in [-0.3, -0.25) is 14.5 Å². The van der Waals surface area contributed by atoms with Gasteiger partial charge in [0.05, 0.1) is 43.8 Å². The molecule has 4 heterocycles. The van der Waals surface area contributed by atoms with Crippen LogP contribution in [0.5, 0.6) is 5.88 Å². The van der Waals surface area contributed by atoms with Crippen molar-refractivity contribution in [1.29, 1.82) is 0 Å². The number of rotatable bonds is 7. The predicted octanol–water partition coefficient (Wildman–Crippen LogP) is 3.71. The molecule has 2 amide bonds. The summed E-state index contributed by atoms with van der Waals surface area (Å²) in [5, 5.41) is 9.90. The molecule has 2 atom stereocenters. The number of carbonyl (C=O) groups excluding carboxylic acids is 2. The number of fused-ring (bicyclic) bond motifs is 2. The minimum atomic E-state index is -1.45. The molecule has 10 nitrogen and oxygen atoms in total. The molecule has 7 rings (SSSR count). The second kappa shape index (κ2) is 11.9. The minimum absolute atomic E-state index is 0.0171. The van der Waals surface area contributed by atoms with Crippen molar-refractivity contribution in [2.75, 3.05) is 38.7 Å². The number of benzene rings is 3. The zero-order valence-electron chi connectivity index (χ0n) is 24.4. The van der Waals surface area contributed by atoms with Gasteiger partial charge in [0.1, 0.15) is 22.9 Å². The number of aliphatic imine (C=N–C) groups is 1.